The molecule has 0 saturated heterocycles. The molecule has 310 valence electrons. The fraction of sp³-hybridized carbons (Fsp3) is 0.386. The van der Waals surface area contributed by atoms with E-state index in [1.54, 1.807) is 29.7 Å². The summed E-state index contributed by atoms with van der Waals surface area (Å²) in [4.78, 5) is 22.9. The topological polar surface area (TPSA) is 146 Å². The average molecular weight is 817 g/mol. The van der Waals surface area contributed by atoms with Gasteiger partial charge in [-0.05, 0) is 98.2 Å². The minimum Gasteiger partial charge on any atom is -0.493 e. The van der Waals surface area contributed by atoms with Gasteiger partial charge in [0.25, 0.3) is 0 Å². The van der Waals surface area contributed by atoms with Crippen LogP contribution < -0.4 is 14.8 Å². The number of hydrogen-bond donors (Lipinski definition) is 1. The van der Waals surface area contributed by atoms with Gasteiger partial charge in [-0.2, -0.15) is 0 Å². The molecule has 0 atom stereocenters. The first-order valence-electron chi connectivity index (χ1n) is 20.6. The van der Waals surface area contributed by atoms with Crippen LogP contribution in [0.2, 0.25) is 0 Å². The number of hydrogen-bond acceptors (Lipinski definition) is 11. The molecule has 0 fully saturated rings. The van der Waals surface area contributed by atoms with Crippen LogP contribution in [0.1, 0.15) is 70.7 Å². The highest BCUT2D eigenvalue weighted by atomic mass is 19.1. The van der Waals surface area contributed by atoms with Gasteiger partial charge in [0.1, 0.15) is 47.4 Å². The lowest BCUT2D eigenvalue weighted by Gasteiger charge is -2.18. The van der Waals surface area contributed by atoms with Crippen LogP contribution in [0.15, 0.2) is 61.5 Å². The molecule has 6 aromatic rings. The molecule has 8 heterocycles. The number of benzene rings is 2. The number of aryl methyl sites for hydroxylation is 2. The summed E-state index contributed by atoms with van der Waals surface area (Å²) >= 11 is 0. The van der Waals surface area contributed by atoms with E-state index in [9.17, 15) is 13.6 Å². The molecule has 0 bridgehead atoms. The average Bonchev–Trinajstić information content (AvgIpc) is 4.08. The maximum Gasteiger partial charge on any atom is 0.409 e. The van der Waals surface area contributed by atoms with Crippen molar-refractivity contribution in [1.82, 2.24) is 49.4 Å². The molecular weight excluding hydrogens is 771 g/mol. The third-order valence-electron chi connectivity index (χ3n) is 11.7. The first kappa shape index (κ1) is 39.2. The van der Waals surface area contributed by atoms with E-state index in [-0.39, 0.29) is 17.7 Å². The van der Waals surface area contributed by atoms with Crippen LogP contribution in [-0.2, 0) is 43.3 Å². The molecule has 1 amide bonds. The van der Waals surface area contributed by atoms with E-state index < -0.39 is 0 Å². The smallest absolute Gasteiger partial charge is 0.409 e. The Kier molecular flexibility index (Phi) is 11.4. The number of fused-ring (bicyclic) bond motifs is 4. The van der Waals surface area contributed by atoms with Crippen molar-refractivity contribution in [2.45, 2.75) is 64.2 Å². The van der Waals surface area contributed by atoms with Crippen molar-refractivity contribution in [2.24, 2.45) is 0 Å². The molecular formula is C44H46F2N10O4. The molecule has 0 spiro atoms. The van der Waals surface area contributed by atoms with Crippen LogP contribution in [0, 0.1) is 11.6 Å². The van der Waals surface area contributed by atoms with Gasteiger partial charge in [0, 0.05) is 73.4 Å². The second kappa shape index (κ2) is 17.5. The van der Waals surface area contributed by atoms with Gasteiger partial charge in [0.15, 0.2) is 11.3 Å². The molecule has 10 rings (SSSR count). The zero-order valence-corrected chi connectivity index (χ0v) is 33.5. The van der Waals surface area contributed by atoms with Crippen molar-refractivity contribution in [1.29, 1.82) is 0 Å². The summed E-state index contributed by atoms with van der Waals surface area (Å²) in [7, 11) is 1.40. The molecule has 4 aromatic heterocycles. The molecule has 1 N–H and O–H groups in total. The van der Waals surface area contributed by atoms with Gasteiger partial charge in [0.2, 0.25) is 0 Å². The molecule has 16 heteroatoms. The molecule has 0 saturated carbocycles. The Bertz CT molecular complexity index is 2620. The highest BCUT2D eigenvalue weighted by molar-refractivity contribution is 5.77. The summed E-state index contributed by atoms with van der Waals surface area (Å²) in [5.41, 5.74) is 9.19. The minimum atomic E-state index is -0.314. The minimum absolute atomic E-state index is 0.169. The summed E-state index contributed by atoms with van der Waals surface area (Å²) in [6.45, 7) is 4.35. The first-order chi connectivity index (χ1) is 29.5. The Hall–Kier alpha value is -6.29. The fourth-order valence-electron chi connectivity index (χ4n) is 8.66. The Morgan fingerprint density at radius 1 is 0.717 bits per heavy atom. The van der Waals surface area contributed by atoms with Crippen LogP contribution in [0.4, 0.5) is 13.6 Å². The van der Waals surface area contributed by atoms with Gasteiger partial charge in [-0.15, -0.1) is 20.4 Å². The van der Waals surface area contributed by atoms with Gasteiger partial charge < -0.3 is 24.4 Å². The van der Waals surface area contributed by atoms with E-state index in [1.807, 2.05) is 21.2 Å². The predicted octanol–water partition coefficient (Wildman–Crippen LogP) is 5.98. The van der Waals surface area contributed by atoms with Gasteiger partial charge in [-0.3, -0.25) is 8.80 Å². The maximum absolute atomic E-state index is 14.5. The molecule has 4 aliphatic heterocycles. The number of amides is 1. The Morgan fingerprint density at radius 3 is 1.87 bits per heavy atom. The standard InChI is InChI=1S/C23H24FN5O3.C21H22FN5O/c1-31-23(30)28-10-2-3-15(8-11-28)18-13-25-21(29-14-26-27-22(18)29)7-4-16-17-9-12-32-20(17)6-5-19(16)24;22-18-4-5-19-16(8-11-28-19)15(18)3-6-20-24-12-17(21-26-25-13-27(20)21)14-2-1-9-23-10-7-14/h3,5-6,13-14H,2,4,7-12H2,1H3;2,4-5,12-13,23H,1,3,6-11H2. The third kappa shape index (κ3) is 7.90. The summed E-state index contributed by atoms with van der Waals surface area (Å²) in [5.74, 6) is 2.83. The molecule has 0 unspecified atom stereocenters. The zero-order chi connectivity index (χ0) is 41.0. The number of carbonyl (C=O) groups excluding carboxylic acids is 1. The van der Waals surface area contributed by atoms with Crippen LogP contribution in [0.5, 0.6) is 11.5 Å². The summed E-state index contributed by atoms with van der Waals surface area (Å²) in [5, 5.41) is 20.3. The molecule has 0 radical (unpaired) electrons. The van der Waals surface area contributed by atoms with E-state index in [1.165, 1.54) is 24.8 Å². The predicted molar refractivity (Wildman–Crippen MR) is 219 cm³/mol. The van der Waals surface area contributed by atoms with Crippen molar-refractivity contribution in [3.05, 3.63) is 118 Å². The number of nitrogens with one attached hydrogen (secondary N) is 1. The van der Waals surface area contributed by atoms with E-state index in [0.29, 0.717) is 64.0 Å². The number of methoxy groups -OCH3 is 1. The van der Waals surface area contributed by atoms with E-state index in [2.05, 4.69) is 42.8 Å². The zero-order valence-electron chi connectivity index (χ0n) is 33.5. The van der Waals surface area contributed by atoms with Crippen LogP contribution >= 0.6 is 0 Å². The Labute approximate surface area is 345 Å². The molecule has 14 nitrogen and oxygen atoms in total. The summed E-state index contributed by atoms with van der Waals surface area (Å²) in [6, 6.07) is 6.40. The highest BCUT2D eigenvalue weighted by Gasteiger charge is 2.24. The summed E-state index contributed by atoms with van der Waals surface area (Å²) in [6.07, 6.45) is 18.2. The Morgan fingerprint density at radius 2 is 1.28 bits per heavy atom. The van der Waals surface area contributed by atoms with Crippen molar-refractivity contribution in [3.8, 4) is 11.5 Å². The van der Waals surface area contributed by atoms with Crippen LogP contribution in [-0.4, -0.2) is 96.7 Å². The summed E-state index contributed by atoms with van der Waals surface area (Å²) < 4.78 is 48.8. The number of carbonyl (C=O) groups is 1. The maximum atomic E-state index is 14.5. The van der Waals surface area contributed by atoms with Crippen molar-refractivity contribution in [3.63, 3.8) is 0 Å². The van der Waals surface area contributed by atoms with Gasteiger partial charge in [-0.25, -0.2) is 23.5 Å². The van der Waals surface area contributed by atoms with Crippen molar-refractivity contribution < 1.29 is 27.8 Å². The number of halogens is 2. The number of rotatable bonds is 8. The van der Waals surface area contributed by atoms with Gasteiger partial charge >= 0.3 is 6.09 Å². The number of aromatic nitrogens is 8. The highest BCUT2D eigenvalue weighted by Crippen LogP contribution is 2.33. The van der Waals surface area contributed by atoms with Crippen molar-refractivity contribution >= 4 is 28.5 Å². The number of nitrogens with zero attached hydrogens (tertiary/aromatic N) is 9. The lowest BCUT2D eigenvalue weighted by molar-refractivity contribution is 0.126. The monoisotopic (exact) mass is 816 g/mol. The third-order valence-corrected chi connectivity index (χ3v) is 11.7. The van der Waals surface area contributed by atoms with Gasteiger partial charge in [-0.1, -0.05) is 12.2 Å². The fourth-order valence-corrected chi connectivity index (χ4v) is 8.66. The molecule has 60 heavy (non-hydrogen) atoms. The number of ether oxygens (including phenoxy) is 3. The molecule has 0 aliphatic carbocycles. The normalized spacial score (nSPS) is 16.1. The largest absolute Gasteiger partial charge is 0.493 e. The second-order valence-corrected chi connectivity index (χ2v) is 15.2. The van der Waals surface area contributed by atoms with Crippen LogP contribution in [0.3, 0.4) is 0 Å². The van der Waals surface area contributed by atoms with E-state index >= 15 is 0 Å². The first-order valence-corrected chi connectivity index (χ1v) is 20.6. The molecule has 4 aliphatic rings. The van der Waals surface area contributed by atoms with Crippen LogP contribution in [0.25, 0.3) is 22.4 Å². The Balaban J connectivity index is 0.000000155. The molecule has 2 aromatic carbocycles. The SMILES string of the molecule is COC(=O)N1CCC=C(c2cnc(CCc3c(F)ccc4c3CCO4)n3cnnc23)CC1.Fc1ccc2c(c1CCc1ncc(C3=CCCNCC3)c3nncn13)CCO2. The lowest BCUT2D eigenvalue weighted by atomic mass is 9.99. The lowest BCUT2D eigenvalue weighted by Crippen LogP contribution is -2.31. The van der Waals surface area contributed by atoms with Gasteiger partial charge in [0.05, 0.1) is 20.3 Å². The van der Waals surface area contributed by atoms with Crippen molar-refractivity contribution in [2.75, 3.05) is 46.5 Å². The second-order valence-electron chi connectivity index (χ2n) is 15.2. The van der Waals surface area contributed by atoms with E-state index in [4.69, 9.17) is 19.2 Å². The quantitative estimate of drug-likeness (QED) is 0.194. The van der Waals surface area contributed by atoms with E-state index in [0.717, 1.165) is 113 Å².